The van der Waals surface area contributed by atoms with Gasteiger partial charge in [-0.3, -0.25) is 14.4 Å². The first-order valence-corrected chi connectivity index (χ1v) is 18.6. The summed E-state index contributed by atoms with van der Waals surface area (Å²) in [5.41, 5.74) is 2.71. The van der Waals surface area contributed by atoms with E-state index in [1.54, 1.807) is 0 Å². The second kappa shape index (κ2) is 21.7. The van der Waals surface area contributed by atoms with Crippen LogP contribution in [0.3, 0.4) is 0 Å². The number of carbonyl (C=O) groups excluding carboxylic acids is 1. The van der Waals surface area contributed by atoms with Crippen LogP contribution in [0.15, 0.2) is 47.5 Å². The number of rotatable bonds is 23. The number of nitrogens with zero attached hydrogens (tertiary/aromatic N) is 5. The average Bonchev–Trinajstić information content (AvgIpc) is 3.45. The molecule has 2 aromatic carbocycles. The van der Waals surface area contributed by atoms with Crippen LogP contribution < -0.4 is 10.1 Å². The molecule has 1 aliphatic rings. The fourth-order valence-electron chi connectivity index (χ4n) is 5.66. The van der Waals surface area contributed by atoms with Crippen molar-refractivity contribution in [3.63, 3.8) is 0 Å². The van der Waals surface area contributed by atoms with Gasteiger partial charge in [-0.2, -0.15) is 0 Å². The lowest BCUT2D eigenvalue weighted by molar-refractivity contribution is -0.121. The molecule has 0 bridgehead atoms. The minimum Gasteiger partial charge on any atom is -0.491 e. The summed E-state index contributed by atoms with van der Waals surface area (Å²) in [4.78, 5) is 30.5. The van der Waals surface area contributed by atoms with E-state index in [-0.39, 0.29) is 12.3 Å². The van der Waals surface area contributed by atoms with Gasteiger partial charge in [-0.25, -0.2) is 4.79 Å². The molecule has 3 aromatic rings. The van der Waals surface area contributed by atoms with Crippen molar-refractivity contribution >= 4 is 29.3 Å². The van der Waals surface area contributed by atoms with Crippen molar-refractivity contribution in [1.82, 2.24) is 25.0 Å². The minimum atomic E-state index is -0.962. The molecular formula is C38H53ClN6O9. The number of aryl methyl sites for hydroxylation is 1. The van der Waals surface area contributed by atoms with Gasteiger partial charge < -0.3 is 43.7 Å². The van der Waals surface area contributed by atoms with E-state index in [9.17, 15) is 14.7 Å². The van der Waals surface area contributed by atoms with E-state index in [0.717, 1.165) is 16.8 Å². The normalized spacial score (nSPS) is 13.8. The van der Waals surface area contributed by atoms with E-state index < -0.39 is 17.7 Å². The largest absolute Gasteiger partial charge is 0.491 e. The minimum absolute atomic E-state index is 0.121. The van der Waals surface area contributed by atoms with Crippen molar-refractivity contribution in [2.45, 2.75) is 52.6 Å². The number of aromatic nitrogens is 3. The molecule has 0 spiro atoms. The number of halogens is 1. The Bertz CT molecular complexity index is 1660. The van der Waals surface area contributed by atoms with Crippen molar-refractivity contribution in [3.05, 3.63) is 70.3 Å². The molecule has 2 amide bonds. The van der Waals surface area contributed by atoms with Gasteiger partial charge in [0.1, 0.15) is 24.2 Å². The third kappa shape index (κ3) is 13.0. The molecule has 1 aromatic heterocycles. The number of fused-ring (bicyclic) bond motifs is 3. The summed E-state index contributed by atoms with van der Waals surface area (Å²) in [6, 6.07) is 12.7. The third-order valence-corrected chi connectivity index (χ3v) is 8.50. The number of carboxylic acid groups (broad SMARTS) is 1. The Morgan fingerprint density at radius 1 is 0.852 bits per heavy atom. The monoisotopic (exact) mass is 772 g/mol. The number of benzene rings is 2. The highest BCUT2D eigenvalue weighted by atomic mass is 35.5. The Morgan fingerprint density at radius 2 is 1.43 bits per heavy atom. The molecule has 4 rings (SSSR count). The second-order valence-corrected chi connectivity index (χ2v) is 13.7. The van der Waals surface area contributed by atoms with Gasteiger partial charge in [0.05, 0.1) is 83.9 Å². The molecule has 0 saturated carbocycles. The second-order valence-electron chi connectivity index (χ2n) is 13.3. The maximum absolute atomic E-state index is 12.7. The zero-order valence-corrected chi connectivity index (χ0v) is 32.6. The first-order chi connectivity index (χ1) is 26.0. The van der Waals surface area contributed by atoms with E-state index in [4.69, 9.17) is 45.0 Å². The summed E-state index contributed by atoms with van der Waals surface area (Å²) in [5, 5.41) is 21.5. The van der Waals surface area contributed by atoms with Crippen LogP contribution in [-0.4, -0.2) is 134 Å². The lowest BCUT2D eigenvalue weighted by Crippen LogP contribution is -2.46. The molecule has 1 aliphatic heterocycles. The van der Waals surface area contributed by atoms with Crippen LogP contribution in [0.25, 0.3) is 5.69 Å². The van der Waals surface area contributed by atoms with E-state index in [1.807, 2.05) is 81.7 Å². The highest BCUT2D eigenvalue weighted by Gasteiger charge is 2.30. The van der Waals surface area contributed by atoms with Gasteiger partial charge in [-0.15, -0.1) is 10.2 Å². The highest BCUT2D eigenvalue weighted by molar-refractivity contribution is 6.30. The van der Waals surface area contributed by atoms with Crippen LogP contribution in [-0.2, 0) is 28.5 Å². The molecule has 0 aliphatic carbocycles. The molecule has 16 heteroatoms. The Hall–Kier alpha value is -4.12. The lowest BCUT2D eigenvalue weighted by atomic mass is 10.00. The zero-order chi connectivity index (χ0) is 38.9. The maximum atomic E-state index is 12.7. The molecule has 296 valence electrons. The Balaban J connectivity index is 1.15. The predicted molar refractivity (Wildman–Crippen MR) is 203 cm³/mol. The molecule has 2 heterocycles. The number of hydrogen-bond acceptors (Lipinski definition) is 11. The standard InChI is InChI=1S/C38H53ClN6O9/c1-6-40-34(46)26-32-36-43-42-27(2)45(36)33-12-11-30(25-31(33)35(41-32)28-7-9-29(39)10-8-28)54-24-23-53-22-21-52-20-19-51-18-17-50-16-15-49-14-13-44(37(47)48)38(3,4)5/h7-12,25,32H,6,13-24,26H2,1-5H3,(H,40,46)(H,47,48)/t32-/m0/s1. The first kappa shape index (κ1) is 42.6. The van der Waals surface area contributed by atoms with Crippen molar-refractivity contribution in [3.8, 4) is 11.4 Å². The molecule has 2 N–H and O–H groups in total. The topological polar surface area (TPSA) is 168 Å². The average molecular weight is 773 g/mol. The van der Waals surface area contributed by atoms with E-state index in [0.29, 0.717) is 114 Å². The molecule has 1 atom stereocenters. The van der Waals surface area contributed by atoms with Gasteiger partial charge in [0, 0.05) is 34.8 Å². The number of aliphatic imine (C=N–C) groups is 1. The fourth-order valence-corrected chi connectivity index (χ4v) is 5.78. The molecule has 0 unspecified atom stereocenters. The van der Waals surface area contributed by atoms with Gasteiger partial charge in [0.15, 0.2) is 5.82 Å². The first-order valence-electron chi connectivity index (χ1n) is 18.2. The number of amides is 2. The van der Waals surface area contributed by atoms with E-state index in [1.165, 1.54) is 4.90 Å². The Morgan fingerprint density at radius 3 is 1.98 bits per heavy atom. The van der Waals surface area contributed by atoms with E-state index in [2.05, 4.69) is 15.5 Å². The Kier molecular flexibility index (Phi) is 17.1. The van der Waals surface area contributed by atoms with Crippen LogP contribution in [0.2, 0.25) is 5.02 Å². The summed E-state index contributed by atoms with van der Waals surface area (Å²) in [5.74, 6) is 1.79. The van der Waals surface area contributed by atoms with Crippen LogP contribution in [0.5, 0.6) is 5.75 Å². The van der Waals surface area contributed by atoms with Gasteiger partial charge in [0.25, 0.3) is 0 Å². The van der Waals surface area contributed by atoms with E-state index >= 15 is 0 Å². The lowest BCUT2D eigenvalue weighted by Gasteiger charge is -2.32. The zero-order valence-electron chi connectivity index (χ0n) is 31.8. The molecular weight excluding hydrogens is 720 g/mol. The van der Waals surface area contributed by atoms with Crippen molar-refractivity contribution in [1.29, 1.82) is 0 Å². The van der Waals surface area contributed by atoms with Gasteiger partial charge in [-0.05, 0) is 65.0 Å². The predicted octanol–water partition coefficient (Wildman–Crippen LogP) is 4.89. The van der Waals surface area contributed by atoms with Gasteiger partial charge >= 0.3 is 6.09 Å². The number of carbonyl (C=O) groups is 2. The summed E-state index contributed by atoms with van der Waals surface area (Å²) < 4.78 is 35.8. The summed E-state index contributed by atoms with van der Waals surface area (Å²) in [7, 11) is 0. The van der Waals surface area contributed by atoms with Crippen LogP contribution in [0.1, 0.15) is 62.9 Å². The smallest absolute Gasteiger partial charge is 0.407 e. The summed E-state index contributed by atoms with van der Waals surface area (Å²) in [6.45, 7) is 14.5. The van der Waals surface area contributed by atoms with Gasteiger partial charge in [0.2, 0.25) is 5.91 Å². The molecule has 15 nitrogen and oxygen atoms in total. The van der Waals surface area contributed by atoms with Crippen molar-refractivity contribution in [2.75, 3.05) is 85.8 Å². The number of hydrogen-bond donors (Lipinski definition) is 2. The fraction of sp³-hybridized carbons (Fsp3) is 0.553. The number of ether oxygens (including phenoxy) is 6. The van der Waals surface area contributed by atoms with Crippen LogP contribution in [0.4, 0.5) is 4.79 Å². The highest BCUT2D eigenvalue weighted by Crippen LogP contribution is 2.34. The van der Waals surface area contributed by atoms with Gasteiger partial charge in [-0.1, -0.05) is 23.7 Å². The third-order valence-electron chi connectivity index (χ3n) is 8.25. The molecule has 0 radical (unpaired) electrons. The molecule has 54 heavy (non-hydrogen) atoms. The quantitative estimate of drug-likeness (QED) is 0.126. The number of nitrogens with one attached hydrogen (secondary N) is 1. The van der Waals surface area contributed by atoms with Crippen LogP contribution in [0, 0.1) is 6.92 Å². The maximum Gasteiger partial charge on any atom is 0.407 e. The van der Waals surface area contributed by atoms with Crippen molar-refractivity contribution < 1.29 is 43.1 Å². The summed E-state index contributed by atoms with van der Waals surface area (Å²) in [6.07, 6.45) is -0.839. The molecule has 0 fully saturated rings. The molecule has 0 saturated heterocycles. The SMILES string of the molecule is CCNC(=O)C[C@@H]1N=C(c2ccc(Cl)cc2)c2cc(OCCOCCOCCOCCOCCOCCN(C(=O)O)C(C)(C)C)ccc2-n2c(C)nnc21. The summed E-state index contributed by atoms with van der Waals surface area (Å²) >= 11 is 6.22. The van der Waals surface area contributed by atoms with Crippen molar-refractivity contribution in [2.24, 2.45) is 4.99 Å². The Labute approximate surface area is 321 Å². The van der Waals surface area contributed by atoms with Crippen LogP contribution >= 0.6 is 11.6 Å².